The summed E-state index contributed by atoms with van der Waals surface area (Å²) in [5, 5.41) is 13.0. The summed E-state index contributed by atoms with van der Waals surface area (Å²) in [4.78, 5) is 0. The van der Waals surface area contributed by atoms with Gasteiger partial charge in [-0.3, -0.25) is 0 Å². The second kappa shape index (κ2) is 5.17. The minimum Gasteiger partial charge on any atom is -0.394 e. The first kappa shape index (κ1) is 11.9. The molecular formula is C12H16BrNO2. The number of hydrogen-bond donors (Lipinski definition) is 2. The molecule has 0 spiro atoms. The van der Waals surface area contributed by atoms with Crippen molar-refractivity contribution < 1.29 is 9.84 Å². The molecule has 1 aliphatic heterocycles. The number of anilines is 1. The molecule has 1 fully saturated rings. The Morgan fingerprint density at radius 2 is 2.00 bits per heavy atom. The highest BCUT2D eigenvalue weighted by molar-refractivity contribution is 9.10. The molecule has 2 rings (SSSR count). The first-order valence-electron chi connectivity index (χ1n) is 5.47. The van der Waals surface area contributed by atoms with Gasteiger partial charge in [0.2, 0.25) is 0 Å². The van der Waals surface area contributed by atoms with Crippen LogP contribution in [0.1, 0.15) is 12.8 Å². The van der Waals surface area contributed by atoms with E-state index in [1.165, 1.54) is 0 Å². The fourth-order valence-electron chi connectivity index (χ4n) is 1.93. The lowest BCUT2D eigenvalue weighted by atomic mass is 9.90. The van der Waals surface area contributed by atoms with Gasteiger partial charge >= 0.3 is 0 Å². The van der Waals surface area contributed by atoms with Gasteiger partial charge in [0.1, 0.15) is 0 Å². The Kier molecular flexibility index (Phi) is 3.84. The quantitative estimate of drug-likeness (QED) is 0.896. The first-order valence-corrected chi connectivity index (χ1v) is 6.26. The molecule has 0 radical (unpaired) electrons. The summed E-state index contributed by atoms with van der Waals surface area (Å²) in [6.45, 7) is 1.55. The SMILES string of the molecule is OCC1(Nc2ccccc2Br)CCOCC1. The van der Waals surface area contributed by atoms with Crippen LogP contribution in [0.15, 0.2) is 28.7 Å². The lowest BCUT2D eigenvalue weighted by molar-refractivity contribution is 0.0380. The minimum atomic E-state index is -0.234. The van der Waals surface area contributed by atoms with Gasteiger partial charge in [-0.05, 0) is 40.9 Å². The number of rotatable bonds is 3. The normalized spacial score (nSPS) is 19.4. The molecule has 1 aromatic carbocycles. The van der Waals surface area contributed by atoms with E-state index in [-0.39, 0.29) is 12.1 Å². The number of para-hydroxylation sites is 1. The molecule has 0 bridgehead atoms. The van der Waals surface area contributed by atoms with Crippen molar-refractivity contribution in [1.29, 1.82) is 0 Å². The Balaban J connectivity index is 2.15. The number of ether oxygens (including phenoxy) is 1. The highest BCUT2D eigenvalue weighted by Crippen LogP contribution is 2.29. The van der Waals surface area contributed by atoms with E-state index in [4.69, 9.17) is 4.74 Å². The largest absolute Gasteiger partial charge is 0.394 e. The average molecular weight is 286 g/mol. The maximum absolute atomic E-state index is 9.56. The Bertz CT molecular complexity index is 351. The topological polar surface area (TPSA) is 41.5 Å². The van der Waals surface area contributed by atoms with Gasteiger partial charge in [0.05, 0.1) is 12.1 Å². The van der Waals surface area contributed by atoms with Crippen molar-refractivity contribution in [2.45, 2.75) is 18.4 Å². The smallest absolute Gasteiger partial charge is 0.0663 e. The van der Waals surface area contributed by atoms with E-state index < -0.39 is 0 Å². The number of nitrogens with one attached hydrogen (secondary N) is 1. The maximum atomic E-state index is 9.56. The van der Waals surface area contributed by atoms with Gasteiger partial charge < -0.3 is 15.2 Å². The van der Waals surface area contributed by atoms with E-state index in [2.05, 4.69) is 21.2 Å². The van der Waals surface area contributed by atoms with E-state index in [1.807, 2.05) is 24.3 Å². The van der Waals surface area contributed by atoms with E-state index in [1.54, 1.807) is 0 Å². The summed E-state index contributed by atoms with van der Waals surface area (Å²) in [7, 11) is 0. The van der Waals surface area contributed by atoms with Crippen LogP contribution in [0.5, 0.6) is 0 Å². The minimum absolute atomic E-state index is 0.137. The zero-order valence-electron chi connectivity index (χ0n) is 9.08. The molecule has 0 saturated carbocycles. The van der Waals surface area contributed by atoms with Gasteiger partial charge in [0.15, 0.2) is 0 Å². The van der Waals surface area contributed by atoms with Crippen molar-refractivity contribution in [2.75, 3.05) is 25.1 Å². The molecule has 3 nitrogen and oxygen atoms in total. The third kappa shape index (κ3) is 2.56. The van der Waals surface area contributed by atoms with Gasteiger partial charge in [-0.15, -0.1) is 0 Å². The fourth-order valence-corrected chi connectivity index (χ4v) is 2.32. The van der Waals surface area contributed by atoms with Crippen molar-refractivity contribution in [3.8, 4) is 0 Å². The Morgan fingerprint density at radius 3 is 2.62 bits per heavy atom. The summed E-state index contributed by atoms with van der Waals surface area (Å²) >= 11 is 3.50. The highest BCUT2D eigenvalue weighted by Gasteiger charge is 2.32. The summed E-state index contributed by atoms with van der Waals surface area (Å²) in [5.74, 6) is 0. The van der Waals surface area contributed by atoms with Crippen LogP contribution in [0.3, 0.4) is 0 Å². The summed E-state index contributed by atoms with van der Waals surface area (Å²) in [6.07, 6.45) is 1.68. The lowest BCUT2D eigenvalue weighted by Crippen LogP contribution is -2.46. The zero-order valence-corrected chi connectivity index (χ0v) is 10.7. The predicted octanol–water partition coefficient (Wildman–Crippen LogP) is 2.40. The zero-order chi connectivity index (χ0) is 11.4. The predicted molar refractivity (Wildman–Crippen MR) is 67.6 cm³/mol. The van der Waals surface area contributed by atoms with E-state index in [0.29, 0.717) is 13.2 Å². The Morgan fingerprint density at radius 1 is 1.31 bits per heavy atom. The van der Waals surface area contributed by atoms with E-state index in [0.717, 1.165) is 23.0 Å². The molecule has 0 unspecified atom stereocenters. The molecule has 0 atom stereocenters. The maximum Gasteiger partial charge on any atom is 0.0663 e. The third-order valence-electron chi connectivity index (χ3n) is 3.03. The van der Waals surface area contributed by atoms with Crippen molar-refractivity contribution in [3.63, 3.8) is 0 Å². The molecule has 1 aromatic rings. The molecule has 88 valence electrons. The molecule has 1 heterocycles. The van der Waals surface area contributed by atoms with Crippen molar-refractivity contribution >= 4 is 21.6 Å². The van der Waals surface area contributed by atoms with Gasteiger partial charge in [0.25, 0.3) is 0 Å². The number of hydrogen-bond acceptors (Lipinski definition) is 3. The molecule has 2 N–H and O–H groups in total. The lowest BCUT2D eigenvalue weighted by Gasteiger charge is -2.37. The summed E-state index contributed by atoms with van der Waals surface area (Å²) < 4.78 is 6.35. The molecular weight excluding hydrogens is 270 g/mol. The summed E-state index contributed by atoms with van der Waals surface area (Å²) in [5.41, 5.74) is 0.792. The molecule has 0 aliphatic carbocycles. The second-order valence-electron chi connectivity index (χ2n) is 4.16. The highest BCUT2D eigenvalue weighted by atomic mass is 79.9. The Hall–Kier alpha value is -0.580. The number of aliphatic hydroxyl groups is 1. The molecule has 4 heteroatoms. The Labute approximate surface area is 104 Å². The van der Waals surface area contributed by atoms with Gasteiger partial charge in [0, 0.05) is 23.4 Å². The van der Waals surface area contributed by atoms with Crippen LogP contribution in [-0.2, 0) is 4.74 Å². The molecule has 1 aliphatic rings. The van der Waals surface area contributed by atoms with Gasteiger partial charge in [-0.2, -0.15) is 0 Å². The van der Waals surface area contributed by atoms with Crippen LogP contribution in [0.2, 0.25) is 0 Å². The van der Waals surface area contributed by atoms with Crippen LogP contribution in [0, 0.1) is 0 Å². The number of halogens is 1. The number of aliphatic hydroxyl groups excluding tert-OH is 1. The van der Waals surface area contributed by atoms with E-state index in [9.17, 15) is 5.11 Å². The monoisotopic (exact) mass is 285 g/mol. The third-order valence-corrected chi connectivity index (χ3v) is 3.72. The van der Waals surface area contributed by atoms with Gasteiger partial charge in [-0.25, -0.2) is 0 Å². The van der Waals surface area contributed by atoms with Gasteiger partial charge in [-0.1, -0.05) is 12.1 Å². The van der Waals surface area contributed by atoms with Crippen LogP contribution < -0.4 is 5.32 Å². The standard InChI is InChI=1S/C12H16BrNO2/c13-10-3-1-2-4-11(10)14-12(9-15)5-7-16-8-6-12/h1-4,14-15H,5-9H2. The van der Waals surface area contributed by atoms with Crippen LogP contribution in [0.4, 0.5) is 5.69 Å². The van der Waals surface area contributed by atoms with Crippen LogP contribution in [-0.4, -0.2) is 30.5 Å². The van der Waals surface area contributed by atoms with Crippen molar-refractivity contribution in [3.05, 3.63) is 28.7 Å². The van der Waals surface area contributed by atoms with Crippen LogP contribution in [0.25, 0.3) is 0 Å². The molecule has 16 heavy (non-hydrogen) atoms. The molecule has 1 saturated heterocycles. The fraction of sp³-hybridized carbons (Fsp3) is 0.500. The van der Waals surface area contributed by atoms with Crippen molar-refractivity contribution in [1.82, 2.24) is 0 Å². The summed E-state index contributed by atoms with van der Waals surface area (Å²) in [6, 6.07) is 7.96. The first-order chi connectivity index (χ1) is 7.76. The van der Waals surface area contributed by atoms with Crippen molar-refractivity contribution in [2.24, 2.45) is 0 Å². The average Bonchev–Trinajstić information content (AvgIpc) is 2.33. The number of benzene rings is 1. The van der Waals surface area contributed by atoms with E-state index >= 15 is 0 Å². The second-order valence-corrected chi connectivity index (χ2v) is 5.01. The molecule has 0 amide bonds. The molecule has 0 aromatic heterocycles. The van der Waals surface area contributed by atoms with Crippen LogP contribution >= 0.6 is 15.9 Å².